The van der Waals surface area contributed by atoms with Gasteiger partial charge < -0.3 is 16.0 Å². The first-order chi connectivity index (χ1) is 9.88. The molecule has 1 fully saturated rings. The maximum absolute atomic E-state index is 12.2. The maximum Gasteiger partial charge on any atom is 0.237 e. The number of amides is 1. The molecule has 1 aliphatic heterocycles. The van der Waals surface area contributed by atoms with Crippen LogP contribution in [0.3, 0.4) is 0 Å². The van der Waals surface area contributed by atoms with Crippen molar-refractivity contribution in [3.8, 4) is 0 Å². The second-order valence-corrected chi connectivity index (χ2v) is 6.95. The number of carbonyl (C=O) groups excluding carboxylic acids is 1. The number of nitrogens with one attached hydrogen (secondary N) is 1. The van der Waals surface area contributed by atoms with Crippen molar-refractivity contribution in [1.29, 1.82) is 0 Å². The van der Waals surface area contributed by atoms with Gasteiger partial charge in [-0.25, -0.2) is 0 Å². The van der Waals surface area contributed by atoms with E-state index in [9.17, 15) is 4.79 Å². The SMILES string of the molecule is CC(C)(C)[C@H](N)C(=O)NC1CCN(c2ccccc2)CC1.Cl.Cl. The summed E-state index contributed by atoms with van der Waals surface area (Å²) in [7, 11) is 0. The number of halogens is 2. The van der Waals surface area contributed by atoms with Gasteiger partial charge in [0.2, 0.25) is 5.91 Å². The molecule has 0 aliphatic carbocycles. The minimum atomic E-state index is -0.454. The molecule has 1 atom stereocenters. The summed E-state index contributed by atoms with van der Waals surface area (Å²) in [4.78, 5) is 14.5. The van der Waals surface area contributed by atoms with Gasteiger partial charge >= 0.3 is 0 Å². The Morgan fingerprint density at radius 2 is 1.70 bits per heavy atom. The molecule has 4 nitrogen and oxygen atoms in total. The van der Waals surface area contributed by atoms with Crippen LogP contribution in [0.5, 0.6) is 0 Å². The van der Waals surface area contributed by atoms with Gasteiger partial charge in [-0.3, -0.25) is 4.79 Å². The Kier molecular flexibility index (Phi) is 8.96. The van der Waals surface area contributed by atoms with Crippen LogP contribution in [0.15, 0.2) is 30.3 Å². The number of rotatable bonds is 3. The summed E-state index contributed by atoms with van der Waals surface area (Å²) in [5, 5.41) is 3.11. The summed E-state index contributed by atoms with van der Waals surface area (Å²) >= 11 is 0. The number of benzene rings is 1. The fourth-order valence-corrected chi connectivity index (χ4v) is 2.61. The third kappa shape index (κ3) is 6.21. The molecule has 0 radical (unpaired) electrons. The van der Waals surface area contributed by atoms with Gasteiger partial charge in [-0.15, -0.1) is 24.8 Å². The molecule has 132 valence electrons. The van der Waals surface area contributed by atoms with Crippen molar-refractivity contribution < 1.29 is 4.79 Å². The fraction of sp³-hybridized carbons (Fsp3) is 0.588. The summed E-state index contributed by atoms with van der Waals surface area (Å²) in [6.45, 7) is 7.93. The molecule has 0 spiro atoms. The van der Waals surface area contributed by atoms with Crippen LogP contribution in [0.2, 0.25) is 0 Å². The second kappa shape index (κ2) is 9.36. The average molecular weight is 362 g/mol. The summed E-state index contributed by atoms with van der Waals surface area (Å²) in [6, 6.07) is 10.2. The lowest BCUT2D eigenvalue weighted by Crippen LogP contribution is -2.53. The van der Waals surface area contributed by atoms with Crippen LogP contribution < -0.4 is 16.0 Å². The van der Waals surface area contributed by atoms with Crippen molar-refractivity contribution >= 4 is 36.4 Å². The normalized spacial score (nSPS) is 16.8. The van der Waals surface area contributed by atoms with Gasteiger partial charge in [0, 0.05) is 24.8 Å². The first-order valence-corrected chi connectivity index (χ1v) is 7.74. The molecule has 0 unspecified atom stereocenters. The van der Waals surface area contributed by atoms with E-state index in [0.29, 0.717) is 0 Å². The molecule has 1 aliphatic rings. The Morgan fingerprint density at radius 3 is 2.17 bits per heavy atom. The minimum Gasteiger partial charge on any atom is -0.371 e. The highest BCUT2D eigenvalue weighted by Gasteiger charge is 2.29. The lowest BCUT2D eigenvalue weighted by molar-refractivity contribution is -0.125. The molecular formula is C17H29Cl2N3O. The molecule has 1 aromatic rings. The van der Waals surface area contributed by atoms with E-state index in [-0.39, 0.29) is 42.2 Å². The largest absolute Gasteiger partial charge is 0.371 e. The van der Waals surface area contributed by atoms with Crippen molar-refractivity contribution in [1.82, 2.24) is 5.32 Å². The van der Waals surface area contributed by atoms with Crippen molar-refractivity contribution in [2.45, 2.75) is 45.7 Å². The molecule has 1 aromatic carbocycles. The maximum atomic E-state index is 12.2. The van der Waals surface area contributed by atoms with Gasteiger partial charge in [-0.05, 0) is 30.4 Å². The van der Waals surface area contributed by atoms with E-state index < -0.39 is 6.04 Å². The van der Waals surface area contributed by atoms with Crippen LogP contribution in [-0.4, -0.2) is 31.1 Å². The molecule has 6 heteroatoms. The Bertz CT molecular complexity index is 468. The number of para-hydroxylation sites is 1. The number of carbonyl (C=O) groups is 1. The van der Waals surface area contributed by atoms with Gasteiger partial charge in [-0.2, -0.15) is 0 Å². The van der Waals surface area contributed by atoms with E-state index in [4.69, 9.17) is 5.73 Å². The van der Waals surface area contributed by atoms with Crippen molar-refractivity contribution in [2.24, 2.45) is 11.1 Å². The van der Waals surface area contributed by atoms with Crippen LogP contribution in [0.4, 0.5) is 5.69 Å². The summed E-state index contributed by atoms with van der Waals surface area (Å²) in [5.41, 5.74) is 7.07. The molecular weight excluding hydrogens is 333 g/mol. The van der Waals surface area contributed by atoms with Gasteiger partial charge in [0.25, 0.3) is 0 Å². The number of nitrogens with zero attached hydrogens (tertiary/aromatic N) is 1. The van der Waals surface area contributed by atoms with Gasteiger partial charge in [-0.1, -0.05) is 39.0 Å². The average Bonchev–Trinajstić information content (AvgIpc) is 2.47. The van der Waals surface area contributed by atoms with E-state index in [1.165, 1.54) is 5.69 Å². The predicted octanol–water partition coefficient (Wildman–Crippen LogP) is 2.99. The Hall–Kier alpha value is -0.970. The van der Waals surface area contributed by atoms with E-state index >= 15 is 0 Å². The first kappa shape index (κ1) is 22.0. The Morgan fingerprint density at radius 1 is 1.17 bits per heavy atom. The van der Waals surface area contributed by atoms with Crippen LogP contribution >= 0.6 is 24.8 Å². The van der Waals surface area contributed by atoms with Crippen LogP contribution in [0.25, 0.3) is 0 Å². The van der Waals surface area contributed by atoms with Crippen molar-refractivity contribution in [2.75, 3.05) is 18.0 Å². The summed E-state index contributed by atoms with van der Waals surface area (Å²) < 4.78 is 0. The molecule has 1 saturated heterocycles. The van der Waals surface area contributed by atoms with E-state index in [2.05, 4.69) is 34.5 Å². The monoisotopic (exact) mass is 361 g/mol. The number of anilines is 1. The fourth-order valence-electron chi connectivity index (χ4n) is 2.61. The molecule has 1 heterocycles. The quantitative estimate of drug-likeness (QED) is 0.869. The molecule has 0 saturated carbocycles. The second-order valence-electron chi connectivity index (χ2n) is 6.95. The van der Waals surface area contributed by atoms with Gasteiger partial charge in [0.1, 0.15) is 0 Å². The van der Waals surface area contributed by atoms with Crippen molar-refractivity contribution in [3.05, 3.63) is 30.3 Å². The zero-order valence-corrected chi connectivity index (χ0v) is 15.8. The predicted molar refractivity (Wildman–Crippen MR) is 102 cm³/mol. The van der Waals surface area contributed by atoms with Gasteiger partial charge in [0.15, 0.2) is 0 Å². The molecule has 3 N–H and O–H groups in total. The van der Waals surface area contributed by atoms with E-state index in [1.54, 1.807) is 0 Å². The highest BCUT2D eigenvalue weighted by molar-refractivity contribution is 5.85. The topological polar surface area (TPSA) is 58.4 Å². The first-order valence-electron chi connectivity index (χ1n) is 7.74. The van der Waals surface area contributed by atoms with Crippen LogP contribution in [0.1, 0.15) is 33.6 Å². The Labute approximate surface area is 152 Å². The molecule has 23 heavy (non-hydrogen) atoms. The third-order valence-electron chi connectivity index (χ3n) is 4.18. The highest BCUT2D eigenvalue weighted by atomic mass is 35.5. The lowest BCUT2D eigenvalue weighted by Gasteiger charge is -2.35. The zero-order valence-electron chi connectivity index (χ0n) is 14.1. The number of hydrogen-bond donors (Lipinski definition) is 2. The van der Waals surface area contributed by atoms with E-state index in [1.807, 2.05) is 26.8 Å². The number of hydrogen-bond acceptors (Lipinski definition) is 3. The van der Waals surface area contributed by atoms with Crippen LogP contribution in [0, 0.1) is 5.41 Å². The smallest absolute Gasteiger partial charge is 0.237 e. The number of piperidine rings is 1. The highest BCUT2D eigenvalue weighted by Crippen LogP contribution is 2.21. The lowest BCUT2D eigenvalue weighted by atomic mass is 9.86. The molecule has 0 aromatic heterocycles. The summed E-state index contributed by atoms with van der Waals surface area (Å²) in [6.07, 6.45) is 1.94. The Balaban J connectivity index is 0.00000242. The van der Waals surface area contributed by atoms with Crippen molar-refractivity contribution in [3.63, 3.8) is 0 Å². The molecule has 1 amide bonds. The van der Waals surface area contributed by atoms with Gasteiger partial charge in [0.05, 0.1) is 6.04 Å². The molecule has 0 bridgehead atoms. The zero-order chi connectivity index (χ0) is 15.5. The standard InChI is InChI=1S/C17H27N3O.2ClH/c1-17(2,3)15(18)16(21)19-13-9-11-20(12-10-13)14-7-5-4-6-8-14;;/h4-8,13,15H,9-12,18H2,1-3H3,(H,19,21);2*1H/t15-;;/m1../s1. The van der Waals surface area contributed by atoms with Crippen LogP contribution in [-0.2, 0) is 4.79 Å². The van der Waals surface area contributed by atoms with E-state index in [0.717, 1.165) is 25.9 Å². The summed E-state index contributed by atoms with van der Waals surface area (Å²) in [5.74, 6) is -0.0272. The minimum absolute atomic E-state index is 0. The number of nitrogens with two attached hydrogens (primary N) is 1. The molecule has 2 rings (SSSR count). The third-order valence-corrected chi connectivity index (χ3v) is 4.18.